The summed E-state index contributed by atoms with van der Waals surface area (Å²) in [6, 6.07) is 13.3. The van der Waals surface area contributed by atoms with Crippen LogP contribution in [0.4, 0.5) is 18.9 Å². The van der Waals surface area contributed by atoms with E-state index in [1.54, 1.807) is 37.4 Å². The summed E-state index contributed by atoms with van der Waals surface area (Å²) < 4.78 is 38.3. The van der Waals surface area contributed by atoms with Gasteiger partial charge in [0, 0.05) is 16.5 Å². The molecule has 3 aromatic rings. The SMILES string of the molecule is Cc1cccc(SC(F)(F)F)c1C(=O)Nc1cccc2cccnc12. The van der Waals surface area contributed by atoms with Gasteiger partial charge in [0.2, 0.25) is 0 Å². The van der Waals surface area contributed by atoms with Gasteiger partial charge >= 0.3 is 5.51 Å². The second kappa shape index (κ2) is 6.76. The number of rotatable bonds is 3. The zero-order chi connectivity index (χ0) is 18.0. The van der Waals surface area contributed by atoms with E-state index in [2.05, 4.69) is 10.3 Å². The van der Waals surface area contributed by atoms with Crippen LogP contribution in [0, 0.1) is 6.92 Å². The summed E-state index contributed by atoms with van der Waals surface area (Å²) >= 11 is -0.292. The van der Waals surface area contributed by atoms with E-state index in [-0.39, 0.29) is 22.2 Å². The highest BCUT2D eigenvalue weighted by Crippen LogP contribution is 2.39. The van der Waals surface area contributed by atoms with Crippen molar-refractivity contribution in [3.63, 3.8) is 0 Å². The number of hydrogen-bond acceptors (Lipinski definition) is 3. The smallest absolute Gasteiger partial charge is 0.320 e. The van der Waals surface area contributed by atoms with Crippen LogP contribution >= 0.6 is 11.8 Å². The van der Waals surface area contributed by atoms with Crippen molar-refractivity contribution in [2.75, 3.05) is 5.32 Å². The van der Waals surface area contributed by atoms with Gasteiger partial charge in [0.1, 0.15) is 0 Å². The molecule has 128 valence electrons. The maximum Gasteiger partial charge on any atom is 0.446 e. The number of benzene rings is 2. The van der Waals surface area contributed by atoms with Gasteiger partial charge < -0.3 is 5.32 Å². The van der Waals surface area contributed by atoms with Crippen LogP contribution in [-0.2, 0) is 0 Å². The van der Waals surface area contributed by atoms with Crippen molar-refractivity contribution in [2.45, 2.75) is 17.3 Å². The Labute approximate surface area is 146 Å². The first-order valence-corrected chi connectivity index (χ1v) is 8.17. The standard InChI is InChI=1S/C18H13F3N2OS/c1-11-5-2-9-14(25-18(19,20)21)15(11)17(24)23-13-8-3-6-12-7-4-10-22-16(12)13/h2-10H,1H3,(H,23,24). The van der Waals surface area contributed by atoms with Crippen LogP contribution in [0.3, 0.4) is 0 Å². The molecule has 0 saturated heterocycles. The normalized spacial score (nSPS) is 11.5. The van der Waals surface area contributed by atoms with Gasteiger partial charge in [0.15, 0.2) is 0 Å². The van der Waals surface area contributed by atoms with Crippen molar-refractivity contribution in [3.05, 3.63) is 65.9 Å². The first-order valence-electron chi connectivity index (χ1n) is 7.35. The highest BCUT2D eigenvalue weighted by atomic mass is 32.2. The maximum atomic E-state index is 12.8. The van der Waals surface area contributed by atoms with Crippen LogP contribution < -0.4 is 5.32 Å². The van der Waals surface area contributed by atoms with Gasteiger partial charge in [-0.3, -0.25) is 9.78 Å². The molecule has 0 fully saturated rings. The predicted molar refractivity (Wildman–Crippen MR) is 92.8 cm³/mol. The van der Waals surface area contributed by atoms with Gasteiger partial charge in [-0.15, -0.1) is 0 Å². The Morgan fingerprint density at radius 1 is 1.08 bits per heavy atom. The molecule has 7 heteroatoms. The summed E-state index contributed by atoms with van der Waals surface area (Å²) in [5, 5.41) is 3.51. The number of carbonyl (C=O) groups is 1. The van der Waals surface area contributed by atoms with E-state index in [9.17, 15) is 18.0 Å². The van der Waals surface area contributed by atoms with Crippen LogP contribution in [0.25, 0.3) is 10.9 Å². The number of hydrogen-bond donors (Lipinski definition) is 1. The molecule has 0 unspecified atom stereocenters. The van der Waals surface area contributed by atoms with Crippen LogP contribution in [0.1, 0.15) is 15.9 Å². The Hall–Kier alpha value is -2.54. The second-order valence-electron chi connectivity index (χ2n) is 5.33. The number of fused-ring (bicyclic) bond motifs is 1. The van der Waals surface area contributed by atoms with Crippen molar-refractivity contribution in [3.8, 4) is 0 Å². The first kappa shape index (κ1) is 17.3. The molecule has 1 aromatic heterocycles. The van der Waals surface area contributed by atoms with Crippen LogP contribution in [0.5, 0.6) is 0 Å². The van der Waals surface area contributed by atoms with E-state index in [1.807, 2.05) is 12.1 Å². The van der Waals surface area contributed by atoms with E-state index in [0.29, 0.717) is 16.8 Å². The molecule has 1 amide bonds. The fourth-order valence-electron chi connectivity index (χ4n) is 2.53. The molecule has 1 heterocycles. The van der Waals surface area contributed by atoms with Gasteiger partial charge in [-0.1, -0.05) is 30.3 Å². The second-order valence-corrected chi connectivity index (χ2v) is 6.44. The Bertz CT molecular complexity index is 936. The van der Waals surface area contributed by atoms with Gasteiger partial charge in [0.05, 0.1) is 16.8 Å². The molecule has 0 atom stereocenters. The van der Waals surface area contributed by atoms with Crippen molar-refractivity contribution in [2.24, 2.45) is 0 Å². The number of nitrogens with zero attached hydrogens (tertiary/aromatic N) is 1. The zero-order valence-electron chi connectivity index (χ0n) is 13.1. The number of pyridine rings is 1. The Morgan fingerprint density at radius 3 is 2.56 bits per heavy atom. The van der Waals surface area contributed by atoms with E-state index in [4.69, 9.17) is 0 Å². The minimum Gasteiger partial charge on any atom is -0.320 e. The highest BCUT2D eigenvalue weighted by molar-refractivity contribution is 8.00. The summed E-state index contributed by atoms with van der Waals surface area (Å²) in [7, 11) is 0. The molecule has 3 rings (SSSR count). The zero-order valence-corrected chi connectivity index (χ0v) is 13.9. The third kappa shape index (κ3) is 3.93. The quantitative estimate of drug-likeness (QED) is 0.634. The fourth-order valence-corrected chi connectivity index (χ4v) is 3.28. The summed E-state index contributed by atoms with van der Waals surface area (Å²) in [5.41, 5.74) is -2.95. The molecule has 1 N–H and O–H groups in total. The molecule has 25 heavy (non-hydrogen) atoms. The largest absolute Gasteiger partial charge is 0.446 e. The van der Waals surface area contributed by atoms with Gasteiger partial charge in [-0.05, 0) is 42.4 Å². The molecule has 0 bridgehead atoms. The Balaban J connectivity index is 1.99. The number of carbonyl (C=O) groups excluding carboxylic acids is 1. The lowest BCUT2D eigenvalue weighted by molar-refractivity contribution is -0.0328. The minimum absolute atomic E-state index is 0.0118. The minimum atomic E-state index is -4.47. The topological polar surface area (TPSA) is 42.0 Å². The summed E-state index contributed by atoms with van der Waals surface area (Å²) in [6.45, 7) is 1.61. The number of aromatic nitrogens is 1. The molecular formula is C18H13F3N2OS. The van der Waals surface area contributed by atoms with Crippen LogP contribution in [0.2, 0.25) is 0 Å². The van der Waals surface area contributed by atoms with Crippen molar-refractivity contribution >= 4 is 34.3 Å². The van der Waals surface area contributed by atoms with Crippen LogP contribution in [-0.4, -0.2) is 16.4 Å². The monoisotopic (exact) mass is 362 g/mol. The number of alkyl halides is 3. The van der Waals surface area contributed by atoms with Crippen molar-refractivity contribution in [1.82, 2.24) is 4.98 Å². The van der Waals surface area contributed by atoms with E-state index < -0.39 is 11.4 Å². The number of anilines is 1. The number of para-hydroxylation sites is 1. The summed E-state index contributed by atoms with van der Waals surface area (Å²) in [5.74, 6) is -0.594. The highest BCUT2D eigenvalue weighted by Gasteiger charge is 2.32. The van der Waals surface area contributed by atoms with Crippen LogP contribution in [0.15, 0.2) is 59.6 Å². The lowest BCUT2D eigenvalue weighted by atomic mass is 10.1. The number of amides is 1. The molecular weight excluding hydrogens is 349 g/mol. The Kier molecular flexibility index (Phi) is 4.67. The number of nitrogens with one attached hydrogen (secondary N) is 1. The average molecular weight is 362 g/mol. The molecule has 3 nitrogen and oxygen atoms in total. The average Bonchev–Trinajstić information content (AvgIpc) is 2.53. The lowest BCUT2D eigenvalue weighted by Crippen LogP contribution is -2.16. The van der Waals surface area contributed by atoms with E-state index in [0.717, 1.165) is 5.39 Å². The number of halogens is 3. The molecule has 0 aliphatic rings. The molecule has 0 aliphatic carbocycles. The Morgan fingerprint density at radius 2 is 1.80 bits per heavy atom. The predicted octanol–water partition coefficient (Wildman–Crippen LogP) is 5.41. The lowest BCUT2D eigenvalue weighted by Gasteiger charge is -2.14. The van der Waals surface area contributed by atoms with E-state index >= 15 is 0 Å². The van der Waals surface area contributed by atoms with Crippen molar-refractivity contribution < 1.29 is 18.0 Å². The number of aryl methyl sites for hydroxylation is 1. The molecule has 0 radical (unpaired) electrons. The number of thioether (sulfide) groups is 1. The maximum absolute atomic E-state index is 12.8. The molecule has 0 spiro atoms. The van der Waals surface area contributed by atoms with Gasteiger partial charge in [-0.25, -0.2) is 0 Å². The molecule has 2 aromatic carbocycles. The van der Waals surface area contributed by atoms with E-state index in [1.165, 1.54) is 12.1 Å². The third-order valence-corrected chi connectivity index (χ3v) is 4.36. The molecule has 0 aliphatic heterocycles. The first-order chi connectivity index (χ1) is 11.8. The summed E-state index contributed by atoms with van der Waals surface area (Å²) in [4.78, 5) is 16.8. The fraction of sp³-hybridized carbons (Fsp3) is 0.111. The summed E-state index contributed by atoms with van der Waals surface area (Å²) in [6.07, 6.45) is 1.59. The third-order valence-electron chi connectivity index (χ3n) is 3.57. The molecule has 0 saturated carbocycles. The van der Waals surface area contributed by atoms with Gasteiger partial charge in [0.25, 0.3) is 5.91 Å². The van der Waals surface area contributed by atoms with Gasteiger partial charge in [-0.2, -0.15) is 13.2 Å². The van der Waals surface area contributed by atoms with Crippen molar-refractivity contribution in [1.29, 1.82) is 0 Å².